The van der Waals surface area contributed by atoms with Crippen molar-refractivity contribution in [3.63, 3.8) is 0 Å². The van der Waals surface area contributed by atoms with Gasteiger partial charge in [0.05, 0.1) is 35.5 Å². The molecule has 192 valence electrons. The third kappa shape index (κ3) is 5.05. The molecule has 0 fully saturated rings. The van der Waals surface area contributed by atoms with Crippen molar-refractivity contribution in [1.82, 2.24) is 14.8 Å². The molecule has 3 heterocycles. The van der Waals surface area contributed by atoms with Crippen LogP contribution in [0.15, 0.2) is 83.5 Å². The summed E-state index contributed by atoms with van der Waals surface area (Å²) in [4.78, 5) is 4.87. The molecule has 2 unspecified atom stereocenters. The topological polar surface area (TPSA) is 72.2 Å². The van der Waals surface area contributed by atoms with Crippen molar-refractivity contribution in [1.29, 1.82) is 0 Å². The van der Waals surface area contributed by atoms with Gasteiger partial charge in [-0.15, -0.1) is 0 Å². The van der Waals surface area contributed by atoms with Crippen LogP contribution in [0.2, 0.25) is 10.0 Å². The number of aliphatic hydroxyl groups excluding tert-OH is 1. The maximum absolute atomic E-state index is 10.9. The molecule has 2 N–H and O–H groups in total. The van der Waals surface area contributed by atoms with Crippen LogP contribution in [0.25, 0.3) is 22.2 Å². The number of anilines is 1. The first-order valence-corrected chi connectivity index (χ1v) is 13.7. The highest BCUT2D eigenvalue weighted by molar-refractivity contribution is 9.10. The van der Waals surface area contributed by atoms with Crippen molar-refractivity contribution >= 4 is 55.9 Å². The summed E-state index contributed by atoms with van der Waals surface area (Å²) in [5.74, 6) is 0.677. The number of benzene rings is 3. The second-order valence-corrected chi connectivity index (χ2v) is 10.9. The van der Waals surface area contributed by atoms with Gasteiger partial charge in [-0.3, -0.25) is 4.68 Å². The first-order valence-electron chi connectivity index (χ1n) is 12.2. The van der Waals surface area contributed by atoms with Gasteiger partial charge in [0.15, 0.2) is 0 Å². The van der Waals surface area contributed by atoms with Gasteiger partial charge in [-0.1, -0.05) is 81.6 Å². The fourth-order valence-electron chi connectivity index (χ4n) is 4.76. The Hall–Kier alpha value is -2.94. The molecule has 0 spiro atoms. The summed E-state index contributed by atoms with van der Waals surface area (Å²) in [7, 11) is 0. The summed E-state index contributed by atoms with van der Waals surface area (Å²) >= 11 is 16.5. The Morgan fingerprint density at radius 1 is 1.08 bits per heavy atom. The van der Waals surface area contributed by atoms with Gasteiger partial charge in [-0.2, -0.15) is 5.10 Å². The van der Waals surface area contributed by atoms with Crippen LogP contribution in [0.4, 0.5) is 5.82 Å². The normalized spacial score (nSPS) is 15.4. The molecule has 1 aliphatic rings. The van der Waals surface area contributed by atoms with E-state index in [0.29, 0.717) is 22.4 Å². The molecular formula is C29H23BrCl2N4O2. The molecule has 6 nitrogen and oxygen atoms in total. The number of hydrogen-bond acceptors (Lipinski definition) is 5. The van der Waals surface area contributed by atoms with E-state index < -0.39 is 12.2 Å². The molecule has 0 bridgehead atoms. The number of rotatable bonds is 6. The van der Waals surface area contributed by atoms with E-state index >= 15 is 0 Å². The molecule has 0 saturated carbocycles. The number of halogens is 3. The minimum Gasteiger partial charge on any atom is -0.389 e. The SMILES string of the molecule is OC(COC1c2ccccc2CNc2nc3cc(Br)ccc3c(Cl)c21)Cn1ccc(-c2ccc(Cl)cc2)n1. The average Bonchev–Trinajstić information content (AvgIpc) is 3.31. The van der Waals surface area contributed by atoms with Crippen LogP contribution in [0.5, 0.6) is 0 Å². The van der Waals surface area contributed by atoms with Gasteiger partial charge in [-0.25, -0.2) is 4.98 Å². The van der Waals surface area contributed by atoms with Gasteiger partial charge in [-0.05, 0) is 41.5 Å². The van der Waals surface area contributed by atoms with Crippen molar-refractivity contribution < 1.29 is 9.84 Å². The van der Waals surface area contributed by atoms with Gasteiger partial charge in [0.25, 0.3) is 0 Å². The molecule has 6 rings (SSSR count). The molecule has 3 aromatic carbocycles. The zero-order chi connectivity index (χ0) is 26.2. The molecule has 0 aliphatic carbocycles. The summed E-state index contributed by atoms with van der Waals surface area (Å²) < 4.78 is 9.07. The van der Waals surface area contributed by atoms with Crippen molar-refractivity contribution in [2.75, 3.05) is 11.9 Å². The molecule has 0 amide bonds. The van der Waals surface area contributed by atoms with Crippen LogP contribution in [0, 0.1) is 0 Å². The highest BCUT2D eigenvalue weighted by Crippen LogP contribution is 2.43. The minimum absolute atomic E-state index is 0.0866. The molecular weight excluding hydrogens is 587 g/mol. The number of aromatic nitrogens is 3. The third-order valence-electron chi connectivity index (χ3n) is 6.60. The predicted octanol–water partition coefficient (Wildman–Crippen LogP) is 7.26. The van der Waals surface area contributed by atoms with Crippen molar-refractivity contribution in [3.8, 4) is 11.3 Å². The molecule has 2 atom stereocenters. The van der Waals surface area contributed by atoms with E-state index in [-0.39, 0.29) is 13.2 Å². The zero-order valence-electron chi connectivity index (χ0n) is 20.1. The summed E-state index contributed by atoms with van der Waals surface area (Å²) in [5, 5.41) is 21.1. The number of pyridine rings is 1. The fraction of sp³-hybridized carbons (Fsp3) is 0.172. The Labute approximate surface area is 238 Å². The Kier molecular flexibility index (Phi) is 7.12. The van der Waals surface area contributed by atoms with E-state index in [1.165, 1.54) is 0 Å². The Morgan fingerprint density at radius 3 is 2.74 bits per heavy atom. The highest BCUT2D eigenvalue weighted by Gasteiger charge is 2.29. The van der Waals surface area contributed by atoms with Gasteiger partial charge in [0.1, 0.15) is 11.9 Å². The Bertz CT molecular complexity index is 1620. The maximum atomic E-state index is 10.9. The molecule has 0 radical (unpaired) electrons. The molecule has 5 aromatic rings. The Morgan fingerprint density at radius 2 is 1.89 bits per heavy atom. The van der Waals surface area contributed by atoms with E-state index in [1.807, 2.05) is 72.9 Å². The van der Waals surface area contributed by atoms with Crippen LogP contribution < -0.4 is 5.32 Å². The third-order valence-corrected chi connectivity index (χ3v) is 7.75. The molecule has 9 heteroatoms. The lowest BCUT2D eigenvalue weighted by Gasteiger charge is -2.23. The smallest absolute Gasteiger partial charge is 0.134 e. The van der Waals surface area contributed by atoms with Gasteiger partial charge >= 0.3 is 0 Å². The van der Waals surface area contributed by atoms with Gasteiger partial charge in [0.2, 0.25) is 0 Å². The monoisotopic (exact) mass is 608 g/mol. The standard InChI is InChI=1S/C29H23BrCl2N4O2/c30-19-7-10-23-25(13-19)34-29-26(27(23)32)28(22-4-2-1-3-18(22)14-33-29)38-16-21(37)15-36-12-11-24(35-36)17-5-8-20(31)9-6-17/h1-13,21,28,37H,14-16H2,(H,33,34). The number of ether oxygens (including phenoxy) is 1. The van der Waals surface area contributed by atoms with Crippen LogP contribution in [-0.4, -0.2) is 32.6 Å². The Balaban J connectivity index is 1.27. The molecule has 38 heavy (non-hydrogen) atoms. The summed E-state index contributed by atoms with van der Waals surface area (Å²) in [6.07, 6.45) is 0.558. The van der Waals surface area contributed by atoms with E-state index in [9.17, 15) is 5.11 Å². The summed E-state index contributed by atoms with van der Waals surface area (Å²) in [6, 6.07) is 23.3. The van der Waals surface area contributed by atoms with Crippen molar-refractivity contribution in [3.05, 3.63) is 110 Å². The van der Waals surface area contributed by atoms with E-state index in [1.54, 1.807) is 4.68 Å². The fourth-order valence-corrected chi connectivity index (χ4v) is 5.58. The maximum Gasteiger partial charge on any atom is 0.134 e. The number of nitrogens with one attached hydrogen (secondary N) is 1. The lowest BCUT2D eigenvalue weighted by Crippen LogP contribution is -2.24. The van der Waals surface area contributed by atoms with Crippen molar-refractivity contribution in [2.45, 2.75) is 25.3 Å². The average molecular weight is 610 g/mol. The van der Waals surface area contributed by atoms with E-state index in [0.717, 1.165) is 43.3 Å². The van der Waals surface area contributed by atoms with Crippen LogP contribution in [0.1, 0.15) is 22.8 Å². The summed E-state index contributed by atoms with van der Waals surface area (Å²) in [6.45, 7) is 0.962. The molecule has 1 aliphatic heterocycles. The highest BCUT2D eigenvalue weighted by atomic mass is 79.9. The molecule has 0 saturated heterocycles. The van der Waals surface area contributed by atoms with Crippen LogP contribution >= 0.6 is 39.1 Å². The van der Waals surface area contributed by atoms with Gasteiger partial charge < -0.3 is 15.2 Å². The van der Waals surface area contributed by atoms with E-state index in [2.05, 4.69) is 32.4 Å². The summed E-state index contributed by atoms with van der Waals surface area (Å²) in [5.41, 5.74) is 5.41. The zero-order valence-corrected chi connectivity index (χ0v) is 23.2. The predicted molar refractivity (Wildman–Crippen MR) is 155 cm³/mol. The molecule has 2 aromatic heterocycles. The number of nitrogens with zero attached hydrogens (tertiary/aromatic N) is 3. The quantitative estimate of drug-likeness (QED) is 0.212. The lowest BCUT2D eigenvalue weighted by atomic mass is 9.97. The number of aliphatic hydroxyl groups is 1. The van der Waals surface area contributed by atoms with Crippen LogP contribution in [-0.2, 0) is 17.8 Å². The van der Waals surface area contributed by atoms with Crippen LogP contribution in [0.3, 0.4) is 0 Å². The first-order chi connectivity index (χ1) is 18.5. The lowest BCUT2D eigenvalue weighted by molar-refractivity contribution is -0.00169. The van der Waals surface area contributed by atoms with Crippen molar-refractivity contribution in [2.24, 2.45) is 0 Å². The first kappa shape index (κ1) is 25.3. The minimum atomic E-state index is -0.789. The van der Waals surface area contributed by atoms with E-state index in [4.69, 9.17) is 32.9 Å². The second-order valence-electron chi connectivity index (χ2n) is 9.20. The number of fused-ring (bicyclic) bond motifs is 3. The largest absolute Gasteiger partial charge is 0.389 e. The second kappa shape index (κ2) is 10.7. The van der Waals surface area contributed by atoms with Gasteiger partial charge in [0, 0.05) is 38.8 Å². The number of hydrogen-bond donors (Lipinski definition) is 2.